The summed E-state index contributed by atoms with van der Waals surface area (Å²) >= 11 is 0. The van der Waals surface area contributed by atoms with E-state index in [0.717, 1.165) is 19.3 Å². The molecule has 2 N–H and O–H groups in total. The number of rotatable bonds is 6. The monoisotopic (exact) mass is 278 g/mol. The molecule has 1 aliphatic rings. The lowest BCUT2D eigenvalue weighted by molar-refractivity contribution is 0.0837. The van der Waals surface area contributed by atoms with Crippen molar-refractivity contribution in [2.24, 2.45) is 11.7 Å². The molecule has 2 atom stereocenters. The minimum atomic E-state index is -3.07. The van der Waals surface area contributed by atoms with Gasteiger partial charge < -0.3 is 10.5 Å². The van der Waals surface area contributed by atoms with Crippen molar-refractivity contribution in [2.45, 2.75) is 38.6 Å². The highest BCUT2D eigenvalue weighted by Crippen LogP contribution is 2.25. The Hall–Kier alpha value is -0.170. The Kier molecular flexibility index (Phi) is 5.58. The lowest BCUT2D eigenvalue weighted by Gasteiger charge is -2.35. The summed E-state index contributed by atoms with van der Waals surface area (Å²) < 4.78 is 30.0. The van der Waals surface area contributed by atoms with Crippen LogP contribution in [-0.2, 0) is 14.8 Å². The van der Waals surface area contributed by atoms with E-state index in [-0.39, 0.29) is 5.54 Å². The second kappa shape index (κ2) is 6.32. The Balaban J connectivity index is 2.52. The highest BCUT2D eigenvalue weighted by Gasteiger charge is 2.30. The molecule has 0 aromatic rings. The molecule has 0 saturated carbocycles. The normalized spacial score (nSPS) is 25.9. The van der Waals surface area contributed by atoms with Crippen LogP contribution in [0.3, 0.4) is 0 Å². The molecule has 2 unspecified atom stereocenters. The van der Waals surface area contributed by atoms with Gasteiger partial charge in [-0.05, 0) is 39.0 Å². The van der Waals surface area contributed by atoms with Gasteiger partial charge in [0, 0.05) is 25.2 Å². The highest BCUT2D eigenvalue weighted by molar-refractivity contribution is 7.88. The minimum absolute atomic E-state index is 0.337. The zero-order chi connectivity index (χ0) is 13.8. The third kappa shape index (κ3) is 5.22. The molecule has 1 saturated heterocycles. The quantitative estimate of drug-likeness (QED) is 0.780. The van der Waals surface area contributed by atoms with Crippen LogP contribution in [0.1, 0.15) is 33.1 Å². The van der Waals surface area contributed by atoms with Crippen molar-refractivity contribution >= 4 is 10.0 Å². The summed E-state index contributed by atoms with van der Waals surface area (Å²) in [5.74, 6) is 0.337. The maximum Gasteiger partial charge on any atom is 0.211 e. The fourth-order valence-electron chi connectivity index (χ4n) is 2.55. The third-order valence-corrected chi connectivity index (χ3v) is 4.61. The second-order valence-corrected chi connectivity index (χ2v) is 7.61. The van der Waals surface area contributed by atoms with Crippen molar-refractivity contribution in [3.05, 3.63) is 0 Å². The average Bonchev–Trinajstić information content (AvgIpc) is 2.25. The van der Waals surface area contributed by atoms with E-state index in [1.165, 1.54) is 6.26 Å². The van der Waals surface area contributed by atoms with Gasteiger partial charge in [-0.2, -0.15) is 0 Å². The Morgan fingerprint density at radius 2 is 2.17 bits per heavy atom. The van der Waals surface area contributed by atoms with Crippen LogP contribution in [-0.4, -0.2) is 50.8 Å². The predicted molar refractivity (Wildman–Crippen MR) is 72.8 cm³/mol. The molecule has 0 spiro atoms. The van der Waals surface area contributed by atoms with E-state index < -0.39 is 10.0 Å². The van der Waals surface area contributed by atoms with E-state index in [9.17, 15) is 8.42 Å². The van der Waals surface area contributed by atoms with E-state index in [1.54, 1.807) is 4.31 Å². The van der Waals surface area contributed by atoms with Gasteiger partial charge >= 0.3 is 0 Å². The van der Waals surface area contributed by atoms with Crippen LogP contribution in [0.25, 0.3) is 0 Å². The van der Waals surface area contributed by atoms with Gasteiger partial charge in [0.2, 0.25) is 10.0 Å². The van der Waals surface area contributed by atoms with Crippen molar-refractivity contribution in [3.8, 4) is 0 Å². The van der Waals surface area contributed by atoms with Crippen LogP contribution in [0.5, 0.6) is 0 Å². The fraction of sp³-hybridized carbons (Fsp3) is 1.00. The second-order valence-electron chi connectivity index (χ2n) is 5.62. The minimum Gasteiger partial charge on any atom is -0.380 e. The van der Waals surface area contributed by atoms with Crippen molar-refractivity contribution in [1.82, 2.24) is 4.31 Å². The van der Waals surface area contributed by atoms with Gasteiger partial charge in [0.1, 0.15) is 0 Å². The molecule has 0 aliphatic carbocycles. The lowest BCUT2D eigenvalue weighted by Crippen LogP contribution is -2.47. The summed E-state index contributed by atoms with van der Waals surface area (Å²) in [4.78, 5) is 0. The highest BCUT2D eigenvalue weighted by atomic mass is 32.2. The van der Waals surface area contributed by atoms with Gasteiger partial charge in [0.25, 0.3) is 0 Å². The summed E-state index contributed by atoms with van der Waals surface area (Å²) in [5, 5.41) is 0. The average molecular weight is 278 g/mol. The lowest BCUT2D eigenvalue weighted by atomic mass is 9.86. The molecule has 0 amide bonds. The molecule has 0 aromatic carbocycles. The van der Waals surface area contributed by atoms with Crippen LogP contribution >= 0.6 is 0 Å². The van der Waals surface area contributed by atoms with Crippen molar-refractivity contribution in [3.63, 3.8) is 0 Å². The topological polar surface area (TPSA) is 72.6 Å². The van der Waals surface area contributed by atoms with E-state index in [1.807, 2.05) is 13.8 Å². The standard InChI is InChI=1S/C12H26N2O3S/c1-4-17-10-12(2,13)8-11-6-5-7-14(9-11)18(3,15)16/h11H,4-10,13H2,1-3H3. The molecule has 0 aromatic heterocycles. The molecule has 1 aliphatic heterocycles. The molecular formula is C12H26N2O3S. The Morgan fingerprint density at radius 3 is 2.72 bits per heavy atom. The van der Waals surface area contributed by atoms with E-state index in [4.69, 9.17) is 10.5 Å². The van der Waals surface area contributed by atoms with Gasteiger partial charge in [-0.3, -0.25) is 0 Å². The van der Waals surface area contributed by atoms with Gasteiger partial charge in [0.15, 0.2) is 0 Å². The molecule has 1 rings (SSSR count). The van der Waals surface area contributed by atoms with Crippen molar-refractivity contribution < 1.29 is 13.2 Å². The SMILES string of the molecule is CCOCC(C)(N)CC1CCCN(S(C)(=O)=O)C1. The first kappa shape index (κ1) is 15.9. The maximum absolute atomic E-state index is 11.5. The zero-order valence-electron chi connectivity index (χ0n) is 11.7. The molecule has 108 valence electrons. The molecule has 0 radical (unpaired) electrons. The summed E-state index contributed by atoms with van der Waals surface area (Å²) in [6, 6.07) is 0. The van der Waals surface area contributed by atoms with Crippen LogP contribution in [0, 0.1) is 5.92 Å². The fourth-order valence-corrected chi connectivity index (χ4v) is 3.49. The first-order valence-electron chi connectivity index (χ1n) is 6.56. The van der Waals surface area contributed by atoms with E-state index >= 15 is 0 Å². The van der Waals surface area contributed by atoms with E-state index in [0.29, 0.717) is 32.2 Å². The van der Waals surface area contributed by atoms with Gasteiger partial charge in [0.05, 0.1) is 12.9 Å². The molecule has 0 bridgehead atoms. The smallest absolute Gasteiger partial charge is 0.211 e. The number of sulfonamides is 1. The van der Waals surface area contributed by atoms with Crippen LogP contribution < -0.4 is 5.73 Å². The van der Waals surface area contributed by atoms with Crippen molar-refractivity contribution in [1.29, 1.82) is 0 Å². The zero-order valence-corrected chi connectivity index (χ0v) is 12.5. The van der Waals surface area contributed by atoms with E-state index in [2.05, 4.69) is 0 Å². The number of nitrogens with zero attached hydrogens (tertiary/aromatic N) is 1. The first-order valence-corrected chi connectivity index (χ1v) is 8.41. The van der Waals surface area contributed by atoms with Crippen LogP contribution in [0.4, 0.5) is 0 Å². The summed E-state index contributed by atoms with van der Waals surface area (Å²) in [7, 11) is -3.07. The summed E-state index contributed by atoms with van der Waals surface area (Å²) in [5.41, 5.74) is 5.82. The number of piperidine rings is 1. The maximum atomic E-state index is 11.5. The third-order valence-electron chi connectivity index (χ3n) is 3.34. The summed E-state index contributed by atoms with van der Waals surface area (Å²) in [6.45, 7) is 6.34. The molecule has 1 fully saturated rings. The van der Waals surface area contributed by atoms with Gasteiger partial charge in [-0.15, -0.1) is 0 Å². The number of ether oxygens (including phenoxy) is 1. The van der Waals surface area contributed by atoms with Gasteiger partial charge in [-0.25, -0.2) is 12.7 Å². The van der Waals surface area contributed by atoms with Gasteiger partial charge in [-0.1, -0.05) is 0 Å². The molecule has 1 heterocycles. The molecule has 18 heavy (non-hydrogen) atoms. The first-order chi connectivity index (χ1) is 8.24. The molecular weight excluding hydrogens is 252 g/mol. The van der Waals surface area contributed by atoms with Crippen molar-refractivity contribution in [2.75, 3.05) is 32.6 Å². The summed E-state index contributed by atoms with van der Waals surface area (Å²) in [6.07, 6.45) is 4.05. The Labute approximate surface area is 111 Å². The molecule has 5 nitrogen and oxygen atoms in total. The van der Waals surface area contributed by atoms with Crippen LogP contribution in [0.15, 0.2) is 0 Å². The number of hydrogen-bond acceptors (Lipinski definition) is 4. The largest absolute Gasteiger partial charge is 0.380 e. The number of nitrogens with two attached hydrogens (primary N) is 1. The Bertz CT molecular complexity index is 354. The van der Waals surface area contributed by atoms with Crippen LogP contribution in [0.2, 0.25) is 0 Å². The predicted octanol–water partition coefficient (Wildman–Crippen LogP) is 0.802. The molecule has 6 heteroatoms. The number of hydrogen-bond donors (Lipinski definition) is 1. The Morgan fingerprint density at radius 1 is 1.50 bits per heavy atom.